The van der Waals surface area contributed by atoms with E-state index in [1.54, 1.807) is 6.33 Å². The fourth-order valence-electron chi connectivity index (χ4n) is 2.77. The van der Waals surface area contributed by atoms with Gasteiger partial charge in [-0.15, -0.1) is 10.2 Å². The number of aryl methyl sites for hydroxylation is 2. The molecule has 134 valence electrons. The number of anilines is 1. The molecule has 0 unspecified atom stereocenters. The molecule has 1 aromatic heterocycles. The van der Waals surface area contributed by atoms with Crippen LogP contribution in [0.5, 0.6) is 0 Å². The molecule has 5 nitrogen and oxygen atoms in total. The Morgan fingerprint density at radius 3 is 2.69 bits per heavy atom. The van der Waals surface area contributed by atoms with Crippen LogP contribution in [0.2, 0.25) is 0 Å². The number of hydrogen-bond donors (Lipinski definition) is 1. The van der Waals surface area contributed by atoms with Crippen molar-refractivity contribution in [3.63, 3.8) is 0 Å². The second kappa shape index (κ2) is 8.76. The number of carbonyl (C=O) groups excluding carboxylic acids is 1. The molecule has 0 fully saturated rings. The highest BCUT2D eigenvalue weighted by Crippen LogP contribution is 2.20. The van der Waals surface area contributed by atoms with Gasteiger partial charge >= 0.3 is 0 Å². The molecule has 0 aliphatic carbocycles. The van der Waals surface area contributed by atoms with Gasteiger partial charge in [0.2, 0.25) is 5.91 Å². The molecule has 1 amide bonds. The van der Waals surface area contributed by atoms with Crippen molar-refractivity contribution < 1.29 is 4.79 Å². The molecule has 0 atom stereocenters. The van der Waals surface area contributed by atoms with E-state index in [2.05, 4.69) is 43.6 Å². The van der Waals surface area contributed by atoms with Gasteiger partial charge in [-0.05, 0) is 49.1 Å². The lowest BCUT2D eigenvalue weighted by molar-refractivity contribution is -0.116. The standard InChI is InChI=1S/C20H21BrN4O/c1-25-14-22-24-20(25)16-6-4-7-18(13-16)23-19(26)8-3-2-5-15-9-11-17(21)12-10-15/h4,6-7,9-14H,2-3,5,8H2,1H3,(H,23,26). The first-order valence-electron chi connectivity index (χ1n) is 8.60. The number of nitrogens with zero attached hydrogens (tertiary/aromatic N) is 3. The van der Waals surface area contributed by atoms with Gasteiger partial charge in [0.05, 0.1) is 0 Å². The third-order valence-corrected chi connectivity index (χ3v) is 4.68. The van der Waals surface area contributed by atoms with Gasteiger partial charge in [0, 0.05) is 29.2 Å². The molecule has 6 heteroatoms. The summed E-state index contributed by atoms with van der Waals surface area (Å²) in [5, 5.41) is 11.0. The van der Waals surface area contributed by atoms with Crippen molar-refractivity contribution >= 4 is 27.5 Å². The SMILES string of the molecule is Cn1cnnc1-c1cccc(NC(=O)CCCCc2ccc(Br)cc2)c1. The van der Waals surface area contributed by atoms with Crippen LogP contribution in [0.3, 0.4) is 0 Å². The predicted molar refractivity (Wildman–Crippen MR) is 107 cm³/mol. The summed E-state index contributed by atoms with van der Waals surface area (Å²) >= 11 is 3.44. The van der Waals surface area contributed by atoms with Crippen LogP contribution in [0.25, 0.3) is 11.4 Å². The highest BCUT2D eigenvalue weighted by Gasteiger charge is 2.07. The van der Waals surface area contributed by atoms with E-state index in [0.717, 1.165) is 40.8 Å². The van der Waals surface area contributed by atoms with E-state index in [0.29, 0.717) is 6.42 Å². The van der Waals surface area contributed by atoms with Crippen molar-refractivity contribution in [3.05, 3.63) is 64.9 Å². The molecule has 0 aliphatic heterocycles. The van der Waals surface area contributed by atoms with Gasteiger partial charge in [-0.1, -0.05) is 40.2 Å². The van der Waals surface area contributed by atoms with Gasteiger partial charge in [0.15, 0.2) is 5.82 Å². The summed E-state index contributed by atoms with van der Waals surface area (Å²) < 4.78 is 2.94. The molecule has 1 heterocycles. The molecular weight excluding hydrogens is 392 g/mol. The van der Waals surface area contributed by atoms with Crippen molar-refractivity contribution in [1.82, 2.24) is 14.8 Å². The van der Waals surface area contributed by atoms with E-state index in [4.69, 9.17) is 0 Å². The Balaban J connectivity index is 1.47. The number of aromatic nitrogens is 3. The van der Waals surface area contributed by atoms with Gasteiger partial charge in [-0.3, -0.25) is 4.79 Å². The molecule has 0 bridgehead atoms. The summed E-state index contributed by atoms with van der Waals surface area (Å²) in [7, 11) is 1.89. The first-order chi connectivity index (χ1) is 12.6. The number of unbranched alkanes of at least 4 members (excludes halogenated alkanes) is 1. The fourth-order valence-corrected chi connectivity index (χ4v) is 3.03. The van der Waals surface area contributed by atoms with Crippen LogP contribution in [0.15, 0.2) is 59.3 Å². The minimum atomic E-state index is 0.0379. The second-order valence-corrected chi connectivity index (χ2v) is 7.14. The van der Waals surface area contributed by atoms with Crippen molar-refractivity contribution in [2.45, 2.75) is 25.7 Å². The Kier molecular flexibility index (Phi) is 6.17. The first-order valence-corrected chi connectivity index (χ1v) is 9.40. The zero-order valence-electron chi connectivity index (χ0n) is 14.7. The maximum absolute atomic E-state index is 12.2. The predicted octanol–water partition coefficient (Wildman–Crippen LogP) is 4.60. The van der Waals surface area contributed by atoms with Gasteiger partial charge < -0.3 is 9.88 Å². The van der Waals surface area contributed by atoms with Crippen LogP contribution in [-0.2, 0) is 18.3 Å². The fraction of sp³-hybridized carbons (Fsp3) is 0.250. The zero-order valence-corrected chi connectivity index (χ0v) is 16.2. The van der Waals surface area contributed by atoms with Gasteiger partial charge in [0.1, 0.15) is 6.33 Å². The summed E-state index contributed by atoms with van der Waals surface area (Å²) in [4.78, 5) is 12.2. The summed E-state index contributed by atoms with van der Waals surface area (Å²) in [6, 6.07) is 16.0. The van der Waals surface area contributed by atoms with Crippen molar-refractivity contribution in [1.29, 1.82) is 0 Å². The number of halogens is 1. The highest BCUT2D eigenvalue weighted by molar-refractivity contribution is 9.10. The average Bonchev–Trinajstić information content (AvgIpc) is 3.06. The van der Waals surface area contributed by atoms with E-state index < -0.39 is 0 Å². The Hall–Kier alpha value is -2.47. The maximum Gasteiger partial charge on any atom is 0.224 e. The minimum absolute atomic E-state index is 0.0379. The molecule has 2 aromatic carbocycles. The molecule has 0 spiro atoms. The molecular formula is C20H21BrN4O. The lowest BCUT2D eigenvalue weighted by Crippen LogP contribution is -2.11. The number of hydrogen-bond acceptors (Lipinski definition) is 3. The Morgan fingerprint density at radius 2 is 1.96 bits per heavy atom. The quantitative estimate of drug-likeness (QED) is 0.576. The van der Waals surface area contributed by atoms with E-state index in [1.807, 2.05) is 48.0 Å². The van der Waals surface area contributed by atoms with E-state index in [9.17, 15) is 4.79 Å². The Labute approximate surface area is 161 Å². The normalized spacial score (nSPS) is 10.7. The summed E-state index contributed by atoms with van der Waals surface area (Å²) in [5.74, 6) is 0.812. The van der Waals surface area contributed by atoms with Crippen molar-refractivity contribution in [3.8, 4) is 11.4 Å². The second-order valence-electron chi connectivity index (χ2n) is 6.23. The molecule has 26 heavy (non-hydrogen) atoms. The molecule has 3 aromatic rings. The molecule has 0 saturated heterocycles. The number of rotatable bonds is 7. The van der Waals surface area contributed by atoms with Crippen LogP contribution in [0.1, 0.15) is 24.8 Å². The number of amides is 1. The maximum atomic E-state index is 12.2. The third kappa shape index (κ3) is 5.02. The largest absolute Gasteiger partial charge is 0.326 e. The molecule has 0 aliphatic rings. The number of nitrogens with one attached hydrogen (secondary N) is 1. The smallest absolute Gasteiger partial charge is 0.224 e. The monoisotopic (exact) mass is 412 g/mol. The van der Waals surface area contributed by atoms with Gasteiger partial charge in [-0.25, -0.2) is 0 Å². The van der Waals surface area contributed by atoms with Crippen LogP contribution in [-0.4, -0.2) is 20.7 Å². The van der Waals surface area contributed by atoms with Crippen LogP contribution in [0.4, 0.5) is 5.69 Å². The van der Waals surface area contributed by atoms with Crippen LogP contribution < -0.4 is 5.32 Å². The molecule has 3 rings (SSSR count). The summed E-state index contributed by atoms with van der Waals surface area (Å²) in [6.07, 6.45) is 5.03. The van der Waals surface area contributed by atoms with Gasteiger partial charge in [-0.2, -0.15) is 0 Å². The third-order valence-electron chi connectivity index (χ3n) is 4.15. The van der Waals surface area contributed by atoms with Crippen molar-refractivity contribution in [2.24, 2.45) is 7.05 Å². The van der Waals surface area contributed by atoms with Crippen LogP contribution >= 0.6 is 15.9 Å². The van der Waals surface area contributed by atoms with Crippen molar-refractivity contribution in [2.75, 3.05) is 5.32 Å². The highest BCUT2D eigenvalue weighted by atomic mass is 79.9. The van der Waals surface area contributed by atoms with Gasteiger partial charge in [0.25, 0.3) is 0 Å². The summed E-state index contributed by atoms with van der Waals surface area (Å²) in [6.45, 7) is 0. The Bertz CT molecular complexity index is 874. The lowest BCUT2D eigenvalue weighted by atomic mass is 10.1. The topological polar surface area (TPSA) is 59.8 Å². The van der Waals surface area contributed by atoms with E-state index >= 15 is 0 Å². The molecule has 0 saturated carbocycles. The first kappa shape index (κ1) is 18.3. The van der Waals surface area contributed by atoms with E-state index in [1.165, 1.54) is 5.56 Å². The average molecular weight is 413 g/mol. The Morgan fingerprint density at radius 1 is 1.15 bits per heavy atom. The number of carbonyl (C=O) groups is 1. The number of benzene rings is 2. The summed E-state index contributed by atoms with van der Waals surface area (Å²) in [5.41, 5.74) is 3.01. The lowest BCUT2D eigenvalue weighted by Gasteiger charge is -2.07. The molecule has 1 N–H and O–H groups in total. The minimum Gasteiger partial charge on any atom is -0.326 e. The zero-order chi connectivity index (χ0) is 18.4. The van der Waals surface area contributed by atoms with Crippen LogP contribution in [0, 0.1) is 0 Å². The van der Waals surface area contributed by atoms with E-state index in [-0.39, 0.29) is 5.91 Å². The molecule has 0 radical (unpaired) electrons.